The molecule has 7 nitrogen and oxygen atoms in total. The summed E-state index contributed by atoms with van der Waals surface area (Å²) in [6, 6.07) is -1.06. The Bertz CT molecular complexity index is 403. The van der Waals surface area contributed by atoms with Crippen LogP contribution in [-0.4, -0.2) is 56.7 Å². The minimum absolute atomic E-state index is 0.00394. The second-order valence-corrected chi connectivity index (χ2v) is 6.86. The monoisotopic (exact) mass is 295 g/mol. The molecule has 0 spiro atoms. The van der Waals surface area contributed by atoms with Crippen LogP contribution < -0.4 is 5.32 Å². The van der Waals surface area contributed by atoms with E-state index < -0.39 is 33.5 Å². The number of hydrogen-bond donors (Lipinski definition) is 2. The van der Waals surface area contributed by atoms with Gasteiger partial charge in [-0.3, -0.25) is 4.79 Å². The third-order valence-corrected chi connectivity index (χ3v) is 3.78. The summed E-state index contributed by atoms with van der Waals surface area (Å²) < 4.78 is 27.6. The third kappa shape index (κ3) is 8.55. The molecule has 1 atom stereocenters. The van der Waals surface area contributed by atoms with E-state index in [2.05, 4.69) is 10.1 Å². The molecule has 0 unspecified atom stereocenters. The van der Waals surface area contributed by atoms with Crippen molar-refractivity contribution in [2.45, 2.75) is 26.3 Å². The first-order valence-corrected chi connectivity index (χ1v) is 7.71. The van der Waals surface area contributed by atoms with Gasteiger partial charge in [0.1, 0.15) is 11.8 Å². The van der Waals surface area contributed by atoms with Gasteiger partial charge in [0.25, 0.3) is 0 Å². The van der Waals surface area contributed by atoms with E-state index in [1.165, 1.54) is 7.11 Å². The summed E-state index contributed by atoms with van der Waals surface area (Å²) in [5, 5.41) is 11.1. The number of rotatable bonds is 9. The van der Waals surface area contributed by atoms with Crippen molar-refractivity contribution in [3.8, 4) is 0 Å². The van der Waals surface area contributed by atoms with Crippen LogP contribution in [0.5, 0.6) is 0 Å². The maximum atomic E-state index is 11.5. The van der Waals surface area contributed by atoms with Crippen molar-refractivity contribution in [2.24, 2.45) is 5.92 Å². The van der Waals surface area contributed by atoms with Crippen molar-refractivity contribution < 1.29 is 27.9 Å². The lowest BCUT2D eigenvalue weighted by Gasteiger charge is -2.16. The van der Waals surface area contributed by atoms with E-state index in [0.29, 0.717) is 0 Å². The van der Waals surface area contributed by atoms with E-state index in [0.717, 1.165) is 0 Å². The summed E-state index contributed by atoms with van der Waals surface area (Å²) in [6.45, 7) is 3.64. The van der Waals surface area contributed by atoms with Crippen molar-refractivity contribution in [3.05, 3.63) is 0 Å². The quantitative estimate of drug-likeness (QED) is 0.602. The molecule has 19 heavy (non-hydrogen) atoms. The van der Waals surface area contributed by atoms with E-state index >= 15 is 0 Å². The molecule has 8 heteroatoms. The fourth-order valence-corrected chi connectivity index (χ4v) is 2.46. The number of carbonyl (C=O) groups excluding carboxylic acids is 1. The van der Waals surface area contributed by atoms with Crippen LogP contribution in [0.25, 0.3) is 0 Å². The summed E-state index contributed by atoms with van der Waals surface area (Å²) in [5.74, 6) is -2.89. The van der Waals surface area contributed by atoms with Gasteiger partial charge in [0.05, 0.1) is 12.4 Å². The zero-order chi connectivity index (χ0) is 15.1. The van der Waals surface area contributed by atoms with Crippen molar-refractivity contribution >= 4 is 21.7 Å². The summed E-state index contributed by atoms with van der Waals surface area (Å²) in [4.78, 5) is 22.4. The van der Waals surface area contributed by atoms with E-state index in [1.807, 2.05) is 13.8 Å². The molecule has 0 saturated heterocycles. The lowest BCUT2D eigenvalue weighted by Crippen LogP contribution is -2.44. The lowest BCUT2D eigenvalue weighted by molar-refractivity contribution is -0.141. The summed E-state index contributed by atoms with van der Waals surface area (Å²) >= 11 is 0. The average molecular weight is 295 g/mol. The Morgan fingerprint density at radius 3 is 2.32 bits per heavy atom. The number of sulfone groups is 1. The molecule has 2 N–H and O–H groups in total. The SMILES string of the molecule is COCCS(=O)(=O)CC(=O)N[C@H](CC(C)C)C(=O)O. The highest BCUT2D eigenvalue weighted by Gasteiger charge is 2.24. The average Bonchev–Trinajstić information content (AvgIpc) is 2.24. The van der Waals surface area contributed by atoms with Gasteiger partial charge in [-0.2, -0.15) is 0 Å². The van der Waals surface area contributed by atoms with Crippen LogP contribution in [0.3, 0.4) is 0 Å². The molecule has 0 rings (SSSR count). The Hall–Kier alpha value is -1.15. The van der Waals surface area contributed by atoms with Crippen LogP contribution >= 0.6 is 0 Å². The van der Waals surface area contributed by atoms with Gasteiger partial charge in [-0.25, -0.2) is 13.2 Å². The Morgan fingerprint density at radius 1 is 1.32 bits per heavy atom. The van der Waals surface area contributed by atoms with Crippen molar-refractivity contribution in [3.63, 3.8) is 0 Å². The topological polar surface area (TPSA) is 110 Å². The molecule has 0 bridgehead atoms. The van der Waals surface area contributed by atoms with Gasteiger partial charge in [0, 0.05) is 7.11 Å². The van der Waals surface area contributed by atoms with Crippen LogP contribution in [-0.2, 0) is 24.2 Å². The molecule has 0 heterocycles. The number of amides is 1. The predicted octanol–water partition coefficient (Wildman–Crippen LogP) is -0.337. The number of hydrogen-bond acceptors (Lipinski definition) is 5. The van der Waals surface area contributed by atoms with Gasteiger partial charge in [-0.15, -0.1) is 0 Å². The first-order chi connectivity index (χ1) is 8.68. The van der Waals surface area contributed by atoms with E-state index in [-0.39, 0.29) is 24.7 Å². The zero-order valence-corrected chi connectivity index (χ0v) is 12.2. The van der Waals surface area contributed by atoms with Crippen LogP contribution in [0.1, 0.15) is 20.3 Å². The molecule has 0 radical (unpaired) electrons. The molecule has 0 aromatic heterocycles. The second kappa shape index (κ2) is 8.11. The highest BCUT2D eigenvalue weighted by Crippen LogP contribution is 2.05. The smallest absolute Gasteiger partial charge is 0.326 e. The Morgan fingerprint density at radius 2 is 1.89 bits per heavy atom. The Kier molecular flexibility index (Phi) is 7.62. The Balaban J connectivity index is 4.46. The van der Waals surface area contributed by atoms with Gasteiger partial charge < -0.3 is 15.2 Å². The summed E-state index contributed by atoms with van der Waals surface area (Å²) in [7, 11) is -2.21. The van der Waals surface area contributed by atoms with Crippen molar-refractivity contribution in [2.75, 3.05) is 25.2 Å². The standard InChI is InChI=1S/C11H21NO6S/c1-8(2)6-9(11(14)15)12-10(13)7-19(16,17)5-4-18-3/h8-9H,4-7H2,1-3H3,(H,12,13)(H,14,15)/t9-/m1/s1. The summed E-state index contributed by atoms with van der Waals surface area (Å²) in [6.07, 6.45) is 0.249. The minimum atomic E-state index is -3.57. The number of carboxylic acids is 1. The van der Waals surface area contributed by atoms with Crippen LogP contribution in [0.4, 0.5) is 0 Å². The lowest BCUT2D eigenvalue weighted by atomic mass is 10.0. The van der Waals surface area contributed by atoms with Gasteiger partial charge in [-0.1, -0.05) is 13.8 Å². The number of ether oxygens (including phenoxy) is 1. The molecule has 112 valence electrons. The van der Waals surface area contributed by atoms with Crippen LogP contribution in [0, 0.1) is 5.92 Å². The third-order valence-electron chi connectivity index (χ3n) is 2.29. The number of carboxylic acid groups (broad SMARTS) is 1. The van der Waals surface area contributed by atoms with Gasteiger partial charge in [0.15, 0.2) is 9.84 Å². The number of nitrogens with one attached hydrogen (secondary N) is 1. The highest BCUT2D eigenvalue weighted by atomic mass is 32.2. The number of carbonyl (C=O) groups is 2. The fourth-order valence-electron chi connectivity index (χ4n) is 1.41. The molecule has 0 saturated carbocycles. The van der Waals surface area contributed by atoms with Gasteiger partial charge >= 0.3 is 5.97 Å². The Labute approximate surface area is 113 Å². The van der Waals surface area contributed by atoms with E-state index in [1.54, 1.807) is 0 Å². The highest BCUT2D eigenvalue weighted by molar-refractivity contribution is 7.92. The molecule has 0 aromatic rings. The maximum Gasteiger partial charge on any atom is 0.326 e. The zero-order valence-electron chi connectivity index (χ0n) is 11.4. The molecular weight excluding hydrogens is 274 g/mol. The predicted molar refractivity (Wildman–Crippen MR) is 69.6 cm³/mol. The normalized spacial score (nSPS) is 13.3. The molecule has 0 aromatic carbocycles. The van der Waals surface area contributed by atoms with Crippen LogP contribution in [0.2, 0.25) is 0 Å². The molecular formula is C11H21NO6S. The molecule has 1 amide bonds. The van der Waals surface area contributed by atoms with Crippen molar-refractivity contribution in [1.82, 2.24) is 5.32 Å². The van der Waals surface area contributed by atoms with E-state index in [9.17, 15) is 18.0 Å². The largest absolute Gasteiger partial charge is 0.480 e. The number of methoxy groups -OCH3 is 1. The van der Waals surface area contributed by atoms with E-state index in [4.69, 9.17) is 5.11 Å². The fraction of sp³-hybridized carbons (Fsp3) is 0.818. The van der Waals surface area contributed by atoms with Gasteiger partial charge in [0.2, 0.25) is 5.91 Å². The summed E-state index contributed by atoms with van der Waals surface area (Å²) in [5.41, 5.74) is 0. The maximum absolute atomic E-state index is 11.5. The van der Waals surface area contributed by atoms with Crippen molar-refractivity contribution in [1.29, 1.82) is 0 Å². The van der Waals surface area contributed by atoms with Crippen LogP contribution in [0.15, 0.2) is 0 Å². The molecule has 0 fully saturated rings. The minimum Gasteiger partial charge on any atom is -0.480 e. The second-order valence-electron chi connectivity index (χ2n) is 4.67. The molecule has 0 aliphatic rings. The first kappa shape index (κ1) is 17.8. The molecule has 0 aliphatic heterocycles. The molecule has 0 aliphatic carbocycles. The number of aliphatic carboxylic acids is 1. The van der Waals surface area contributed by atoms with Gasteiger partial charge in [-0.05, 0) is 12.3 Å². The first-order valence-electron chi connectivity index (χ1n) is 5.89.